The highest BCUT2D eigenvalue weighted by Gasteiger charge is 2.19. The second-order valence-corrected chi connectivity index (χ2v) is 9.90. The van der Waals surface area contributed by atoms with Gasteiger partial charge in [-0.1, -0.05) is 91.0 Å². The van der Waals surface area contributed by atoms with Crippen molar-refractivity contribution in [3.63, 3.8) is 0 Å². The maximum absolute atomic E-state index is 15.8. The number of benzene rings is 6. The van der Waals surface area contributed by atoms with Gasteiger partial charge in [-0.15, -0.1) is 0 Å². The SMILES string of the molecule is Fc1cccc(-c2cccc(-c3ccc4oc5ccccc5c4c3)c2)c1-n1c2ccccc2c2ccccc21. The van der Waals surface area contributed by atoms with Crippen LogP contribution in [0.15, 0.2) is 138 Å². The minimum atomic E-state index is -0.254. The Labute approximate surface area is 224 Å². The van der Waals surface area contributed by atoms with Gasteiger partial charge >= 0.3 is 0 Å². The van der Waals surface area contributed by atoms with Crippen LogP contribution in [-0.4, -0.2) is 4.57 Å². The highest BCUT2D eigenvalue weighted by molar-refractivity contribution is 6.10. The molecule has 39 heavy (non-hydrogen) atoms. The molecule has 0 amide bonds. The molecule has 8 aromatic rings. The number of rotatable bonds is 3. The molecule has 0 unspecified atom stereocenters. The average Bonchev–Trinajstić information content (AvgIpc) is 3.53. The van der Waals surface area contributed by atoms with E-state index >= 15 is 4.39 Å². The van der Waals surface area contributed by atoms with Gasteiger partial charge in [-0.25, -0.2) is 4.39 Å². The number of halogens is 1. The lowest BCUT2D eigenvalue weighted by Crippen LogP contribution is -2.01. The number of nitrogens with zero attached hydrogens (tertiary/aromatic N) is 1. The zero-order chi connectivity index (χ0) is 25.9. The van der Waals surface area contributed by atoms with Gasteiger partial charge in [0.05, 0.1) is 16.7 Å². The molecule has 6 aromatic carbocycles. The topological polar surface area (TPSA) is 18.1 Å². The van der Waals surface area contributed by atoms with Crippen molar-refractivity contribution in [1.82, 2.24) is 4.57 Å². The van der Waals surface area contributed by atoms with Crippen LogP contribution in [0.1, 0.15) is 0 Å². The largest absolute Gasteiger partial charge is 0.456 e. The highest BCUT2D eigenvalue weighted by atomic mass is 19.1. The summed E-state index contributed by atoms with van der Waals surface area (Å²) in [5.74, 6) is -0.254. The second kappa shape index (κ2) is 8.44. The third-order valence-electron chi connectivity index (χ3n) is 7.67. The summed E-state index contributed by atoms with van der Waals surface area (Å²) < 4.78 is 23.9. The van der Waals surface area contributed by atoms with Crippen LogP contribution in [0.25, 0.3) is 71.7 Å². The van der Waals surface area contributed by atoms with Gasteiger partial charge in [0.25, 0.3) is 0 Å². The molecule has 3 heteroatoms. The summed E-state index contributed by atoms with van der Waals surface area (Å²) in [6.45, 7) is 0. The smallest absolute Gasteiger partial charge is 0.147 e. The van der Waals surface area contributed by atoms with Crippen molar-refractivity contribution in [2.24, 2.45) is 0 Å². The molecular weight excluding hydrogens is 481 g/mol. The van der Waals surface area contributed by atoms with Crippen LogP contribution in [0.3, 0.4) is 0 Å². The molecule has 0 aliphatic carbocycles. The van der Waals surface area contributed by atoms with Crippen molar-refractivity contribution < 1.29 is 8.81 Å². The minimum Gasteiger partial charge on any atom is -0.456 e. The van der Waals surface area contributed by atoms with E-state index in [-0.39, 0.29) is 5.82 Å². The number of para-hydroxylation sites is 4. The summed E-state index contributed by atoms with van der Waals surface area (Å²) in [5, 5.41) is 4.41. The van der Waals surface area contributed by atoms with Crippen molar-refractivity contribution in [1.29, 1.82) is 0 Å². The third kappa shape index (κ3) is 3.33. The van der Waals surface area contributed by atoms with Gasteiger partial charge in [-0.05, 0) is 59.2 Å². The van der Waals surface area contributed by atoms with E-state index < -0.39 is 0 Å². The maximum Gasteiger partial charge on any atom is 0.147 e. The molecule has 0 atom stereocenters. The van der Waals surface area contributed by atoms with Crippen molar-refractivity contribution in [2.45, 2.75) is 0 Å². The van der Waals surface area contributed by atoms with Crippen LogP contribution >= 0.6 is 0 Å². The Morgan fingerprint density at radius 1 is 0.462 bits per heavy atom. The van der Waals surface area contributed by atoms with Gasteiger partial charge in [0.2, 0.25) is 0 Å². The molecular formula is C36H22FNO. The minimum absolute atomic E-state index is 0.254. The Kier molecular flexibility index (Phi) is 4.74. The predicted molar refractivity (Wildman–Crippen MR) is 159 cm³/mol. The van der Waals surface area contributed by atoms with E-state index in [0.717, 1.165) is 66.0 Å². The summed E-state index contributed by atoms with van der Waals surface area (Å²) in [5.41, 5.74) is 8.24. The molecule has 0 spiro atoms. The molecule has 2 nitrogen and oxygen atoms in total. The van der Waals surface area contributed by atoms with E-state index in [1.165, 1.54) is 0 Å². The first-order chi connectivity index (χ1) is 19.3. The molecule has 0 saturated heterocycles. The number of hydrogen-bond acceptors (Lipinski definition) is 1. The summed E-state index contributed by atoms with van der Waals surface area (Å²) in [6, 6.07) is 44.5. The second-order valence-electron chi connectivity index (χ2n) is 9.90. The molecule has 0 radical (unpaired) electrons. The summed E-state index contributed by atoms with van der Waals surface area (Å²) in [4.78, 5) is 0. The first-order valence-electron chi connectivity index (χ1n) is 13.1. The Hall–Kier alpha value is -5.15. The van der Waals surface area contributed by atoms with Crippen molar-refractivity contribution in [3.8, 4) is 27.9 Å². The number of hydrogen-bond donors (Lipinski definition) is 0. The van der Waals surface area contributed by atoms with Crippen molar-refractivity contribution in [2.75, 3.05) is 0 Å². The molecule has 0 aliphatic heterocycles. The molecule has 0 saturated carbocycles. The Morgan fingerprint density at radius 2 is 1.08 bits per heavy atom. The molecule has 0 bridgehead atoms. The standard InChI is InChI=1S/C36H22FNO/c37-31-15-8-14-26(36(31)38-32-16-4-1-11-27(32)28-12-2-5-17-33(28)38)25-10-7-9-23(21-25)24-19-20-35-30(22-24)29-13-3-6-18-34(29)39-35/h1-22H. The van der Waals surface area contributed by atoms with Crippen LogP contribution in [0.5, 0.6) is 0 Å². The first-order valence-corrected chi connectivity index (χ1v) is 13.1. The van der Waals surface area contributed by atoms with Gasteiger partial charge in [-0.2, -0.15) is 0 Å². The summed E-state index contributed by atoms with van der Waals surface area (Å²) >= 11 is 0. The fraction of sp³-hybridized carbons (Fsp3) is 0. The van der Waals surface area contributed by atoms with E-state index in [2.05, 4.69) is 65.2 Å². The zero-order valence-corrected chi connectivity index (χ0v) is 20.9. The molecule has 0 N–H and O–H groups in total. The number of fused-ring (bicyclic) bond motifs is 6. The number of furan rings is 1. The molecule has 0 fully saturated rings. The van der Waals surface area contributed by atoms with E-state index in [0.29, 0.717) is 5.69 Å². The van der Waals surface area contributed by atoms with Gasteiger partial charge in [0.1, 0.15) is 17.0 Å². The fourth-order valence-corrected chi connectivity index (χ4v) is 5.91. The van der Waals surface area contributed by atoms with Gasteiger partial charge in [0, 0.05) is 27.1 Å². The fourth-order valence-electron chi connectivity index (χ4n) is 5.91. The molecule has 0 aliphatic rings. The Bertz CT molecular complexity index is 2150. The molecule has 2 aromatic heterocycles. The van der Waals surface area contributed by atoms with Gasteiger partial charge < -0.3 is 8.98 Å². The normalized spacial score (nSPS) is 11.7. The van der Waals surface area contributed by atoms with Crippen LogP contribution in [0, 0.1) is 5.82 Å². The van der Waals surface area contributed by atoms with Gasteiger partial charge in [0.15, 0.2) is 0 Å². The zero-order valence-electron chi connectivity index (χ0n) is 20.9. The quantitative estimate of drug-likeness (QED) is 0.235. The number of aromatic nitrogens is 1. The lowest BCUT2D eigenvalue weighted by molar-refractivity contribution is 0.621. The Balaban J connectivity index is 1.34. The monoisotopic (exact) mass is 503 g/mol. The summed E-state index contributed by atoms with van der Waals surface area (Å²) in [7, 11) is 0. The lowest BCUT2D eigenvalue weighted by atomic mass is 9.96. The molecule has 184 valence electrons. The van der Waals surface area contributed by atoms with Crippen LogP contribution in [0.4, 0.5) is 4.39 Å². The van der Waals surface area contributed by atoms with Crippen LogP contribution < -0.4 is 0 Å². The average molecular weight is 504 g/mol. The van der Waals surface area contributed by atoms with Crippen molar-refractivity contribution >= 4 is 43.7 Å². The first kappa shape index (κ1) is 21.9. The van der Waals surface area contributed by atoms with Crippen molar-refractivity contribution in [3.05, 3.63) is 139 Å². The maximum atomic E-state index is 15.8. The van der Waals surface area contributed by atoms with Gasteiger partial charge in [-0.3, -0.25) is 0 Å². The highest BCUT2D eigenvalue weighted by Crippen LogP contribution is 2.39. The predicted octanol–water partition coefficient (Wildman–Crippen LogP) is 10.2. The lowest BCUT2D eigenvalue weighted by Gasteiger charge is -2.16. The summed E-state index contributed by atoms with van der Waals surface area (Å²) in [6.07, 6.45) is 0. The third-order valence-corrected chi connectivity index (χ3v) is 7.67. The van der Waals surface area contributed by atoms with Crippen LogP contribution in [0.2, 0.25) is 0 Å². The van der Waals surface area contributed by atoms with E-state index in [1.807, 2.05) is 60.7 Å². The Morgan fingerprint density at radius 3 is 1.87 bits per heavy atom. The van der Waals surface area contributed by atoms with E-state index in [9.17, 15) is 0 Å². The van der Waals surface area contributed by atoms with Crippen LogP contribution in [-0.2, 0) is 0 Å². The molecule has 2 heterocycles. The van der Waals surface area contributed by atoms with E-state index in [4.69, 9.17) is 4.42 Å². The molecule has 8 rings (SSSR count). The van der Waals surface area contributed by atoms with E-state index in [1.54, 1.807) is 12.1 Å².